The van der Waals surface area contributed by atoms with Crippen LogP contribution in [-0.4, -0.2) is 39.6 Å². The van der Waals surface area contributed by atoms with Crippen molar-refractivity contribution in [1.82, 2.24) is 9.19 Å². The Morgan fingerprint density at radius 2 is 1.53 bits per heavy atom. The Bertz CT molecular complexity index is 1500. The molecule has 0 radical (unpaired) electrons. The summed E-state index contributed by atoms with van der Waals surface area (Å²) in [6.45, 7) is -0.102. The molecule has 0 aromatic heterocycles. The number of unbranched alkanes of at least 4 members (excludes halogenated alkanes) is 1. The SMILES string of the molecule is O=C(CCCCN1C(=O)c2ccccc2S1(=O)=O)ONS(=O)(=O)c1ccc(-c2ccc(Cl)cc2)cc1. The first-order chi connectivity index (χ1) is 17.1. The smallest absolute Gasteiger partial charge is 0.326 e. The van der Waals surface area contributed by atoms with Crippen LogP contribution >= 0.6 is 11.6 Å². The third-order valence-electron chi connectivity index (χ3n) is 5.51. The molecule has 0 atom stereocenters. The van der Waals surface area contributed by atoms with Crippen LogP contribution in [0.15, 0.2) is 82.6 Å². The van der Waals surface area contributed by atoms with Crippen LogP contribution in [0.3, 0.4) is 0 Å². The Hall–Kier alpha value is -3.25. The fraction of sp³-hybridized carbons (Fsp3) is 0.167. The minimum Gasteiger partial charge on any atom is -0.356 e. The monoisotopic (exact) mass is 548 g/mol. The minimum absolute atomic E-state index is 0.0370. The number of sulfonamides is 2. The van der Waals surface area contributed by atoms with E-state index >= 15 is 0 Å². The summed E-state index contributed by atoms with van der Waals surface area (Å²) in [5.41, 5.74) is 1.76. The number of benzene rings is 3. The molecule has 4 rings (SSSR count). The lowest BCUT2D eigenvalue weighted by atomic mass is 10.1. The molecule has 1 N–H and O–H groups in total. The van der Waals surface area contributed by atoms with Crippen LogP contribution in [0.5, 0.6) is 0 Å². The molecule has 1 amide bonds. The average Bonchev–Trinajstić information content (AvgIpc) is 3.06. The van der Waals surface area contributed by atoms with Crippen molar-refractivity contribution in [3.8, 4) is 11.1 Å². The molecular formula is C24H21ClN2O7S2. The van der Waals surface area contributed by atoms with Crippen molar-refractivity contribution in [2.24, 2.45) is 0 Å². The van der Waals surface area contributed by atoms with Gasteiger partial charge in [-0.05, 0) is 65.3 Å². The van der Waals surface area contributed by atoms with E-state index in [9.17, 15) is 26.4 Å². The van der Waals surface area contributed by atoms with Gasteiger partial charge in [0, 0.05) is 18.0 Å². The van der Waals surface area contributed by atoms with Gasteiger partial charge in [-0.25, -0.2) is 21.1 Å². The van der Waals surface area contributed by atoms with Crippen LogP contribution < -0.4 is 4.89 Å². The van der Waals surface area contributed by atoms with E-state index in [4.69, 9.17) is 11.6 Å². The highest BCUT2D eigenvalue weighted by atomic mass is 35.5. The summed E-state index contributed by atoms with van der Waals surface area (Å²) in [5, 5.41) is 0.587. The highest BCUT2D eigenvalue weighted by Crippen LogP contribution is 2.30. The quantitative estimate of drug-likeness (QED) is 0.318. The van der Waals surface area contributed by atoms with Crippen LogP contribution in [0.2, 0.25) is 5.02 Å². The van der Waals surface area contributed by atoms with Crippen LogP contribution in [0, 0.1) is 0 Å². The van der Waals surface area contributed by atoms with Gasteiger partial charge in [-0.2, -0.15) is 0 Å². The molecule has 0 bridgehead atoms. The summed E-state index contributed by atoms with van der Waals surface area (Å²) in [6, 6.07) is 19.0. The number of hydrogen-bond donors (Lipinski definition) is 1. The Labute approximate surface area is 213 Å². The van der Waals surface area contributed by atoms with E-state index in [-0.39, 0.29) is 41.2 Å². The van der Waals surface area contributed by atoms with Gasteiger partial charge in [-0.3, -0.25) is 9.59 Å². The molecule has 36 heavy (non-hydrogen) atoms. The average molecular weight is 549 g/mol. The van der Waals surface area contributed by atoms with E-state index in [1.54, 1.807) is 47.3 Å². The molecule has 1 heterocycles. The lowest BCUT2D eigenvalue weighted by molar-refractivity contribution is -0.147. The van der Waals surface area contributed by atoms with Gasteiger partial charge in [0.15, 0.2) is 0 Å². The van der Waals surface area contributed by atoms with E-state index in [0.717, 1.165) is 15.4 Å². The van der Waals surface area contributed by atoms with Crippen LogP contribution in [0.4, 0.5) is 0 Å². The maximum atomic E-state index is 12.5. The van der Waals surface area contributed by atoms with Crippen molar-refractivity contribution in [3.05, 3.63) is 83.4 Å². The number of fused-ring (bicyclic) bond motifs is 1. The second-order valence-corrected chi connectivity index (χ2v) is 11.8. The van der Waals surface area contributed by atoms with Gasteiger partial charge in [0.25, 0.3) is 26.0 Å². The minimum atomic E-state index is -4.10. The molecule has 0 saturated carbocycles. The van der Waals surface area contributed by atoms with Crippen LogP contribution in [-0.2, 0) is 29.7 Å². The zero-order valence-corrected chi connectivity index (χ0v) is 21.1. The summed E-state index contributed by atoms with van der Waals surface area (Å²) in [4.78, 5) is 30.7. The van der Waals surface area contributed by atoms with E-state index in [0.29, 0.717) is 5.02 Å². The number of amides is 1. The van der Waals surface area contributed by atoms with Crippen molar-refractivity contribution in [2.75, 3.05) is 6.54 Å². The van der Waals surface area contributed by atoms with Gasteiger partial charge in [0.2, 0.25) is 0 Å². The predicted molar refractivity (Wildman–Crippen MR) is 132 cm³/mol. The molecule has 188 valence electrons. The molecule has 0 saturated heterocycles. The van der Waals surface area contributed by atoms with E-state index < -0.39 is 31.9 Å². The van der Waals surface area contributed by atoms with Crippen LogP contribution in [0.1, 0.15) is 29.6 Å². The summed E-state index contributed by atoms with van der Waals surface area (Å²) in [7, 11) is -8.01. The number of carbonyl (C=O) groups excluding carboxylic acids is 2. The molecule has 0 spiro atoms. The number of nitrogens with zero attached hydrogens (tertiary/aromatic N) is 1. The lowest BCUT2D eigenvalue weighted by Gasteiger charge is -2.14. The van der Waals surface area contributed by atoms with Crippen molar-refractivity contribution < 1.29 is 31.3 Å². The molecule has 0 aliphatic carbocycles. The second-order valence-electron chi connectivity index (χ2n) is 7.93. The number of carbonyl (C=O) groups is 2. The normalized spacial score (nSPS) is 14.5. The topological polar surface area (TPSA) is 127 Å². The molecule has 0 unspecified atom stereocenters. The molecule has 3 aromatic rings. The molecule has 1 aliphatic rings. The Balaban J connectivity index is 1.25. The Kier molecular flexibility index (Phi) is 7.46. The molecule has 12 heteroatoms. The first-order valence-corrected chi connectivity index (χ1v) is 14.1. The highest BCUT2D eigenvalue weighted by Gasteiger charge is 2.40. The molecule has 3 aromatic carbocycles. The van der Waals surface area contributed by atoms with Gasteiger partial charge < -0.3 is 4.84 Å². The predicted octanol–water partition coefficient (Wildman–Crippen LogP) is 3.76. The van der Waals surface area contributed by atoms with Gasteiger partial charge in [0.1, 0.15) is 4.90 Å². The largest absolute Gasteiger partial charge is 0.356 e. The first-order valence-electron chi connectivity index (χ1n) is 10.8. The standard InChI is InChI=1S/C24H21ClN2O7S2/c25-19-12-8-17(9-13-19)18-10-14-20(15-11-18)35(30,31)26-34-23(28)7-3-4-16-27-24(29)21-5-1-2-6-22(21)36(27,32)33/h1-2,5-6,8-15,26H,3-4,7,16H2. The van der Waals surface area contributed by atoms with Crippen molar-refractivity contribution in [3.63, 3.8) is 0 Å². The van der Waals surface area contributed by atoms with E-state index in [2.05, 4.69) is 4.84 Å². The van der Waals surface area contributed by atoms with Crippen molar-refractivity contribution >= 4 is 43.5 Å². The third-order valence-corrected chi connectivity index (χ3v) is 8.80. The fourth-order valence-electron chi connectivity index (χ4n) is 3.65. The zero-order valence-electron chi connectivity index (χ0n) is 18.8. The van der Waals surface area contributed by atoms with Gasteiger partial charge in [-0.15, -0.1) is 0 Å². The van der Waals surface area contributed by atoms with E-state index in [1.165, 1.54) is 30.3 Å². The summed E-state index contributed by atoms with van der Waals surface area (Å²) in [6.07, 6.45) is 0.214. The first kappa shape index (κ1) is 25.8. The Morgan fingerprint density at radius 1 is 0.917 bits per heavy atom. The molecule has 1 aliphatic heterocycles. The number of hydrogen-bond acceptors (Lipinski definition) is 7. The van der Waals surface area contributed by atoms with Crippen LogP contribution in [0.25, 0.3) is 11.1 Å². The maximum absolute atomic E-state index is 12.5. The number of rotatable bonds is 9. The summed E-state index contributed by atoms with van der Waals surface area (Å²) >= 11 is 5.88. The third kappa shape index (κ3) is 5.44. The Morgan fingerprint density at radius 3 is 2.17 bits per heavy atom. The maximum Gasteiger partial charge on any atom is 0.326 e. The molecular weight excluding hydrogens is 528 g/mol. The van der Waals surface area contributed by atoms with Gasteiger partial charge in [-0.1, -0.05) is 48.0 Å². The molecule has 9 nitrogen and oxygen atoms in total. The lowest BCUT2D eigenvalue weighted by Crippen LogP contribution is -2.31. The van der Waals surface area contributed by atoms with Crippen molar-refractivity contribution in [2.45, 2.75) is 29.1 Å². The summed E-state index contributed by atoms with van der Waals surface area (Å²) < 4.78 is 50.7. The number of nitrogens with one attached hydrogen (secondary N) is 1. The summed E-state index contributed by atoms with van der Waals surface area (Å²) in [5.74, 6) is -1.45. The van der Waals surface area contributed by atoms with E-state index in [1.807, 2.05) is 0 Å². The zero-order chi connectivity index (χ0) is 25.9. The van der Waals surface area contributed by atoms with Gasteiger partial charge in [0.05, 0.1) is 10.5 Å². The fourth-order valence-corrected chi connectivity index (χ4v) is 6.17. The molecule has 0 fully saturated rings. The number of halogens is 1. The highest BCUT2D eigenvalue weighted by molar-refractivity contribution is 7.90. The van der Waals surface area contributed by atoms with Gasteiger partial charge >= 0.3 is 5.97 Å². The second kappa shape index (κ2) is 10.4. The van der Waals surface area contributed by atoms with Crippen molar-refractivity contribution in [1.29, 1.82) is 0 Å².